The van der Waals surface area contributed by atoms with Crippen LogP contribution in [0.15, 0.2) is 24.3 Å². The van der Waals surface area contributed by atoms with Crippen LogP contribution in [0.1, 0.15) is 46.5 Å². The summed E-state index contributed by atoms with van der Waals surface area (Å²) in [6.45, 7) is 8.54. The third-order valence-electron chi connectivity index (χ3n) is 6.06. The van der Waals surface area contributed by atoms with Crippen molar-refractivity contribution < 1.29 is 17.9 Å². The SMILES string of the molecule is CC(C)(C)OC(=O)N1CCC(S(=O)(=O)N2CCN(CC3CC3)c3ccccc32)CC1. The molecule has 0 spiro atoms. The van der Waals surface area contributed by atoms with Gasteiger partial charge in [-0.3, -0.25) is 4.31 Å². The maximum atomic E-state index is 13.5. The minimum Gasteiger partial charge on any atom is -0.444 e. The number of hydrogen-bond acceptors (Lipinski definition) is 5. The van der Waals surface area contributed by atoms with E-state index in [9.17, 15) is 13.2 Å². The highest BCUT2D eigenvalue weighted by Gasteiger charge is 2.40. The largest absolute Gasteiger partial charge is 0.444 e. The van der Waals surface area contributed by atoms with Crippen molar-refractivity contribution in [3.05, 3.63) is 24.3 Å². The average molecular weight is 436 g/mol. The van der Waals surface area contributed by atoms with Crippen LogP contribution in [0.25, 0.3) is 0 Å². The van der Waals surface area contributed by atoms with E-state index in [4.69, 9.17) is 4.74 Å². The van der Waals surface area contributed by atoms with Crippen LogP contribution in [-0.2, 0) is 14.8 Å². The van der Waals surface area contributed by atoms with E-state index in [-0.39, 0.29) is 6.09 Å². The smallest absolute Gasteiger partial charge is 0.410 e. The Kier molecular flexibility index (Phi) is 5.64. The van der Waals surface area contributed by atoms with E-state index in [1.54, 1.807) is 9.21 Å². The summed E-state index contributed by atoms with van der Waals surface area (Å²) < 4.78 is 34.1. The number of piperidine rings is 1. The summed E-state index contributed by atoms with van der Waals surface area (Å²) in [6.07, 6.45) is 3.06. The Bertz CT molecular complexity index is 884. The van der Waals surface area contributed by atoms with Crippen LogP contribution < -0.4 is 9.21 Å². The standard InChI is InChI=1S/C22H33N3O4S/c1-22(2,3)29-21(26)23-12-10-18(11-13-23)30(27,28)25-15-14-24(16-17-8-9-17)19-6-4-5-7-20(19)25/h4-7,17-18H,8-16H2,1-3H3. The summed E-state index contributed by atoms with van der Waals surface area (Å²) in [6, 6.07) is 7.84. The summed E-state index contributed by atoms with van der Waals surface area (Å²) in [4.78, 5) is 16.3. The van der Waals surface area contributed by atoms with Crippen molar-refractivity contribution in [3.8, 4) is 0 Å². The van der Waals surface area contributed by atoms with Gasteiger partial charge >= 0.3 is 6.09 Å². The van der Waals surface area contributed by atoms with Gasteiger partial charge in [0.1, 0.15) is 5.60 Å². The molecule has 0 atom stereocenters. The van der Waals surface area contributed by atoms with Crippen molar-refractivity contribution in [2.24, 2.45) is 5.92 Å². The van der Waals surface area contributed by atoms with Crippen LogP contribution in [0, 0.1) is 5.92 Å². The molecule has 3 aliphatic rings. The molecule has 1 aliphatic carbocycles. The van der Waals surface area contributed by atoms with Crippen molar-refractivity contribution in [2.45, 2.75) is 57.3 Å². The molecule has 0 N–H and O–H groups in total. The van der Waals surface area contributed by atoms with Gasteiger partial charge in [0.15, 0.2) is 0 Å². The van der Waals surface area contributed by atoms with E-state index < -0.39 is 20.9 Å². The number of nitrogens with zero attached hydrogens (tertiary/aromatic N) is 3. The second kappa shape index (κ2) is 7.94. The highest BCUT2D eigenvalue weighted by Crippen LogP contribution is 2.39. The number of carbonyl (C=O) groups is 1. The minimum absolute atomic E-state index is 0.364. The fourth-order valence-electron chi connectivity index (χ4n) is 4.30. The second-order valence-corrected chi connectivity index (χ2v) is 11.8. The molecule has 0 unspecified atom stereocenters. The predicted octanol–water partition coefficient (Wildman–Crippen LogP) is 3.45. The maximum Gasteiger partial charge on any atom is 0.410 e. The molecular formula is C22H33N3O4S. The van der Waals surface area contributed by atoms with E-state index in [0.717, 1.165) is 30.4 Å². The van der Waals surface area contributed by atoms with Crippen molar-refractivity contribution in [1.82, 2.24) is 4.90 Å². The molecule has 1 amide bonds. The van der Waals surface area contributed by atoms with Crippen molar-refractivity contribution >= 4 is 27.5 Å². The fraction of sp³-hybridized carbons (Fsp3) is 0.682. The number of hydrogen-bond donors (Lipinski definition) is 0. The molecule has 8 heteroatoms. The normalized spacial score (nSPS) is 20.8. The summed E-state index contributed by atoms with van der Waals surface area (Å²) in [5, 5.41) is -0.473. The summed E-state index contributed by atoms with van der Waals surface area (Å²) in [5.74, 6) is 0.749. The minimum atomic E-state index is -3.49. The van der Waals surface area contributed by atoms with Gasteiger partial charge in [-0.2, -0.15) is 0 Å². The second-order valence-electron chi connectivity index (χ2n) is 9.66. The molecule has 2 fully saturated rings. The Labute approximate surface area is 180 Å². The fourth-order valence-corrected chi connectivity index (χ4v) is 6.23. The topological polar surface area (TPSA) is 70.2 Å². The third-order valence-corrected chi connectivity index (χ3v) is 8.37. The molecule has 1 saturated heterocycles. The number of para-hydroxylation sites is 2. The van der Waals surface area contributed by atoms with E-state index >= 15 is 0 Å². The molecule has 2 heterocycles. The zero-order chi connectivity index (χ0) is 21.5. The first-order chi connectivity index (χ1) is 14.1. The van der Waals surface area contributed by atoms with Crippen LogP contribution in [0.2, 0.25) is 0 Å². The quantitative estimate of drug-likeness (QED) is 0.724. The molecule has 1 aromatic rings. The first-order valence-electron chi connectivity index (χ1n) is 11.0. The van der Waals surface area contributed by atoms with Gasteiger partial charge in [-0.15, -0.1) is 0 Å². The Morgan fingerprint density at radius 3 is 2.23 bits per heavy atom. The summed E-state index contributed by atoms with van der Waals surface area (Å²) >= 11 is 0. The summed E-state index contributed by atoms with van der Waals surface area (Å²) in [5.41, 5.74) is 1.26. The van der Waals surface area contributed by atoms with E-state index in [2.05, 4.69) is 4.90 Å². The lowest BCUT2D eigenvalue weighted by Gasteiger charge is -2.41. The predicted molar refractivity (Wildman–Crippen MR) is 118 cm³/mol. The zero-order valence-corrected chi connectivity index (χ0v) is 19.0. The number of rotatable bonds is 4. The molecule has 0 radical (unpaired) electrons. The lowest BCUT2D eigenvalue weighted by atomic mass is 10.1. The maximum absolute atomic E-state index is 13.5. The molecule has 30 heavy (non-hydrogen) atoms. The molecule has 0 bridgehead atoms. The highest BCUT2D eigenvalue weighted by molar-refractivity contribution is 7.93. The number of sulfonamides is 1. The third kappa shape index (κ3) is 4.53. The lowest BCUT2D eigenvalue weighted by molar-refractivity contribution is 0.0217. The molecule has 2 aliphatic heterocycles. The Morgan fingerprint density at radius 2 is 1.63 bits per heavy atom. The number of benzene rings is 1. The Hall–Kier alpha value is -1.96. The number of anilines is 2. The van der Waals surface area contributed by atoms with Crippen molar-refractivity contribution in [1.29, 1.82) is 0 Å². The number of likely N-dealkylation sites (tertiary alicyclic amines) is 1. The van der Waals surface area contributed by atoms with Crippen molar-refractivity contribution in [3.63, 3.8) is 0 Å². The van der Waals surface area contributed by atoms with E-state index in [1.165, 1.54) is 12.8 Å². The van der Waals surface area contributed by atoms with Crippen LogP contribution >= 0.6 is 0 Å². The first kappa shape index (κ1) is 21.3. The number of fused-ring (bicyclic) bond motifs is 1. The summed E-state index contributed by atoms with van der Waals surface area (Å²) in [7, 11) is -3.49. The van der Waals surface area contributed by atoms with Gasteiger partial charge in [-0.25, -0.2) is 13.2 Å². The number of ether oxygens (including phenoxy) is 1. The number of amides is 1. The van der Waals surface area contributed by atoms with Gasteiger partial charge in [0, 0.05) is 26.2 Å². The monoisotopic (exact) mass is 435 g/mol. The van der Waals surface area contributed by atoms with Gasteiger partial charge in [0.2, 0.25) is 10.0 Å². The highest BCUT2D eigenvalue weighted by atomic mass is 32.2. The van der Waals surface area contributed by atoms with Gasteiger partial charge < -0.3 is 14.5 Å². The molecule has 1 aromatic carbocycles. The first-order valence-corrected chi connectivity index (χ1v) is 12.5. The molecule has 0 aromatic heterocycles. The van der Waals surface area contributed by atoms with Gasteiger partial charge in [-0.1, -0.05) is 12.1 Å². The Morgan fingerprint density at radius 1 is 1.00 bits per heavy atom. The van der Waals surface area contributed by atoms with E-state index in [1.807, 2.05) is 45.0 Å². The van der Waals surface area contributed by atoms with Gasteiger partial charge in [0.05, 0.1) is 23.2 Å². The van der Waals surface area contributed by atoms with Crippen LogP contribution in [0.5, 0.6) is 0 Å². The molecule has 7 nitrogen and oxygen atoms in total. The van der Waals surface area contributed by atoms with Crippen LogP contribution in [0.4, 0.5) is 16.2 Å². The Balaban J connectivity index is 1.45. The van der Waals surface area contributed by atoms with Crippen LogP contribution in [0.3, 0.4) is 0 Å². The molecule has 1 saturated carbocycles. The van der Waals surface area contributed by atoms with Crippen LogP contribution in [-0.4, -0.2) is 63.0 Å². The molecule has 4 rings (SSSR count). The molecular weight excluding hydrogens is 402 g/mol. The van der Waals surface area contributed by atoms with Crippen molar-refractivity contribution in [2.75, 3.05) is 41.9 Å². The average Bonchev–Trinajstić information content (AvgIpc) is 3.51. The van der Waals surface area contributed by atoms with E-state index in [0.29, 0.717) is 32.5 Å². The zero-order valence-electron chi connectivity index (χ0n) is 18.2. The van der Waals surface area contributed by atoms with Gasteiger partial charge in [0.25, 0.3) is 0 Å². The number of carbonyl (C=O) groups excluding carboxylic acids is 1. The van der Waals surface area contributed by atoms with Gasteiger partial charge in [-0.05, 0) is 64.5 Å². The molecule has 166 valence electrons. The lowest BCUT2D eigenvalue weighted by Crippen LogP contribution is -2.51.